The van der Waals surface area contributed by atoms with Crippen molar-refractivity contribution in [3.05, 3.63) is 64.7 Å². The van der Waals surface area contributed by atoms with E-state index < -0.39 is 0 Å². The van der Waals surface area contributed by atoms with E-state index in [2.05, 4.69) is 10.4 Å². The smallest absolute Gasteiger partial charge is 0.145 e. The van der Waals surface area contributed by atoms with Crippen LogP contribution in [0.1, 0.15) is 17.5 Å². The van der Waals surface area contributed by atoms with Crippen LogP contribution < -0.4 is 11.3 Å². The Kier molecular flexibility index (Phi) is 5.47. The Morgan fingerprint density at radius 1 is 1.25 bits per heavy atom. The number of hydrogen-bond donors (Lipinski definition) is 2. The predicted octanol–water partition coefficient (Wildman–Crippen LogP) is 2.88. The van der Waals surface area contributed by atoms with E-state index in [4.69, 9.17) is 17.4 Å². The molecule has 0 bridgehead atoms. The lowest BCUT2D eigenvalue weighted by Gasteiger charge is -2.16. The normalized spacial score (nSPS) is 12.3. The predicted molar refractivity (Wildman–Crippen MR) is 78.8 cm³/mol. The molecule has 3 nitrogen and oxygen atoms in total. The first-order valence-corrected chi connectivity index (χ1v) is 6.86. The Morgan fingerprint density at radius 2 is 2.00 bits per heavy atom. The minimum absolute atomic E-state index is 0.00358. The first-order valence-electron chi connectivity index (χ1n) is 6.48. The van der Waals surface area contributed by atoms with Crippen LogP contribution in [-0.4, -0.2) is 11.0 Å². The summed E-state index contributed by atoms with van der Waals surface area (Å²) in [4.78, 5) is 3.98. The molecule has 1 aromatic heterocycles. The van der Waals surface area contributed by atoms with Gasteiger partial charge in [-0.05, 0) is 48.6 Å². The second-order valence-electron chi connectivity index (χ2n) is 4.67. The van der Waals surface area contributed by atoms with Crippen LogP contribution in [0.5, 0.6) is 0 Å². The number of nitrogens with one attached hydrogen (secondary N) is 1. The van der Waals surface area contributed by atoms with E-state index in [1.807, 2.05) is 12.1 Å². The molecule has 3 N–H and O–H groups in total. The van der Waals surface area contributed by atoms with E-state index in [9.17, 15) is 4.39 Å². The van der Waals surface area contributed by atoms with Gasteiger partial charge in [0.05, 0.1) is 5.02 Å². The van der Waals surface area contributed by atoms with Crippen molar-refractivity contribution in [2.45, 2.75) is 25.3 Å². The van der Waals surface area contributed by atoms with Gasteiger partial charge in [0.15, 0.2) is 0 Å². The van der Waals surface area contributed by atoms with Gasteiger partial charge in [-0.15, -0.1) is 0 Å². The van der Waals surface area contributed by atoms with E-state index in [1.54, 1.807) is 30.6 Å². The molecule has 1 atom stereocenters. The molecule has 0 amide bonds. The Bertz CT molecular complexity index is 548. The molecule has 2 aromatic rings. The van der Waals surface area contributed by atoms with Crippen molar-refractivity contribution in [1.29, 1.82) is 0 Å². The average Bonchev–Trinajstić information content (AvgIpc) is 2.49. The molecule has 0 saturated carbocycles. The summed E-state index contributed by atoms with van der Waals surface area (Å²) in [6.45, 7) is 0. The van der Waals surface area contributed by atoms with Gasteiger partial charge in [0, 0.05) is 18.4 Å². The Balaban J connectivity index is 1.97. The highest BCUT2D eigenvalue weighted by Crippen LogP contribution is 2.20. The summed E-state index contributed by atoms with van der Waals surface area (Å²) in [5, 5.41) is 0.146. The lowest BCUT2D eigenvalue weighted by molar-refractivity contribution is 0.480. The molecule has 0 radical (unpaired) electrons. The number of nitrogens with two attached hydrogens (primary N) is 1. The maximum atomic E-state index is 13.9. The van der Waals surface area contributed by atoms with Crippen molar-refractivity contribution < 1.29 is 4.39 Å². The third-order valence-corrected chi connectivity index (χ3v) is 3.56. The molecule has 0 saturated heterocycles. The fraction of sp³-hybridized carbons (Fsp3) is 0.267. The highest BCUT2D eigenvalue weighted by atomic mass is 35.5. The van der Waals surface area contributed by atoms with Gasteiger partial charge in [0.25, 0.3) is 0 Å². The summed E-state index contributed by atoms with van der Waals surface area (Å²) in [6, 6.07) is 8.95. The molecule has 0 aliphatic rings. The van der Waals surface area contributed by atoms with Crippen molar-refractivity contribution >= 4 is 11.6 Å². The lowest BCUT2D eigenvalue weighted by Crippen LogP contribution is -2.37. The third kappa shape index (κ3) is 4.00. The Morgan fingerprint density at radius 3 is 2.70 bits per heavy atom. The first-order chi connectivity index (χ1) is 9.70. The van der Waals surface area contributed by atoms with Crippen LogP contribution in [0.25, 0.3) is 0 Å². The first kappa shape index (κ1) is 14.9. The Labute approximate surface area is 122 Å². The zero-order valence-corrected chi connectivity index (χ0v) is 11.8. The minimum atomic E-state index is -0.363. The van der Waals surface area contributed by atoms with Crippen LogP contribution in [0, 0.1) is 5.82 Å². The second-order valence-corrected chi connectivity index (χ2v) is 5.08. The molecule has 20 heavy (non-hydrogen) atoms. The number of pyridine rings is 1. The molecule has 0 spiro atoms. The van der Waals surface area contributed by atoms with Crippen molar-refractivity contribution in [2.75, 3.05) is 0 Å². The largest absolute Gasteiger partial charge is 0.271 e. The molecule has 0 fully saturated rings. The van der Waals surface area contributed by atoms with Crippen molar-refractivity contribution in [1.82, 2.24) is 10.4 Å². The molecule has 106 valence electrons. The highest BCUT2D eigenvalue weighted by Gasteiger charge is 2.13. The summed E-state index contributed by atoms with van der Waals surface area (Å²) >= 11 is 5.78. The monoisotopic (exact) mass is 293 g/mol. The van der Waals surface area contributed by atoms with E-state index >= 15 is 0 Å². The molecule has 1 aromatic carbocycles. The van der Waals surface area contributed by atoms with Gasteiger partial charge >= 0.3 is 0 Å². The minimum Gasteiger partial charge on any atom is -0.271 e. The van der Waals surface area contributed by atoms with Crippen LogP contribution >= 0.6 is 11.6 Å². The number of hydrogen-bond acceptors (Lipinski definition) is 3. The van der Waals surface area contributed by atoms with Crippen LogP contribution in [0.15, 0.2) is 42.7 Å². The second kappa shape index (κ2) is 7.33. The molecule has 2 rings (SSSR count). The van der Waals surface area contributed by atoms with Crippen LogP contribution in [-0.2, 0) is 12.8 Å². The summed E-state index contributed by atoms with van der Waals surface area (Å²) < 4.78 is 13.9. The van der Waals surface area contributed by atoms with Gasteiger partial charge in [0.2, 0.25) is 0 Å². The zero-order chi connectivity index (χ0) is 14.4. The molecule has 5 heteroatoms. The van der Waals surface area contributed by atoms with Gasteiger partial charge in [-0.2, -0.15) is 0 Å². The molecular formula is C15H17ClFN3. The van der Waals surface area contributed by atoms with Crippen LogP contribution in [0.4, 0.5) is 4.39 Å². The van der Waals surface area contributed by atoms with Crippen molar-refractivity contribution in [3.63, 3.8) is 0 Å². The molecule has 0 aliphatic heterocycles. The fourth-order valence-corrected chi connectivity index (χ4v) is 2.30. The fourth-order valence-electron chi connectivity index (χ4n) is 2.11. The maximum absolute atomic E-state index is 13.9. The Hall–Kier alpha value is -1.49. The lowest BCUT2D eigenvalue weighted by atomic mass is 9.99. The van der Waals surface area contributed by atoms with Gasteiger partial charge < -0.3 is 0 Å². The number of benzene rings is 1. The summed E-state index contributed by atoms with van der Waals surface area (Å²) in [6.07, 6.45) is 5.70. The quantitative estimate of drug-likeness (QED) is 0.636. The SMILES string of the molecule is NNC(CCc1ccncc1)Cc1cccc(Cl)c1F. The van der Waals surface area contributed by atoms with Crippen molar-refractivity contribution in [2.24, 2.45) is 5.84 Å². The number of aryl methyl sites for hydroxylation is 1. The maximum Gasteiger partial charge on any atom is 0.145 e. The number of hydrazine groups is 1. The zero-order valence-electron chi connectivity index (χ0n) is 11.0. The standard InChI is InChI=1S/C15H17ClFN3/c16-14-3-1-2-12(15(14)17)10-13(20-18)5-4-11-6-8-19-9-7-11/h1-3,6-9,13,20H,4-5,10,18H2. The van der Waals surface area contributed by atoms with E-state index in [-0.39, 0.29) is 16.9 Å². The average molecular weight is 294 g/mol. The van der Waals surface area contributed by atoms with E-state index in [0.717, 1.165) is 12.8 Å². The van der Waals surface area contributed by atoms with Gasteiger partial charge in [-0.1, -0.05) is 23.7 Å². The van der Waals surface area contributed by atoms with Crippen LogP contribution in [0.2, 0.25) is 5.02 Å². The van der Waals surface area contributed by atoms with E-state index in [1.165, 1.54) is 5.56 Å². The molecule has 1 unspecified atom stereocenters. The number of nitrogens with zero attached hydrogens (tertiary/aromatic N) is 1. The van der Waals surface area contributed by atoms with Gasteiger partial charge in [0.1, 0.15) is 5.82 Å². The number of rotatable bonds is 6. The molecular weight excluding hydrogens is 277 g/mol. The van der Waals surface area contributed by atoms with E-state index in [0.29, 0.717) is 12.0 Å². The summed E-state index contributed by atoms with van der Waals surface area (Å²) in [5.41, 5.74) is 4.51. The summed E-state index contributed by atoms with van der Waals surface area (Å²) in [5.74, 6) is 5.19. The highest BCUT2D eigenvalue weighted by molar-refractivity contribution is 6.30. The topological polar surface area (TPSA) is 50.9 Å². The summed E-state index contributed by atoms with van der Waals surface area (Å²) in [7, 11) is 0. The number of aromatic nitrogens is 1. The van der Waals surface area contributed by atoms with Crippen LogP contribution in [0.3, 0.4) is 0 Å². The third-order valence-electron chi connectivity index (χ3n) is 3.26. The number of halogens is 2. The van der Waals surface area contributed by atoms with Gasteiger partial charge in [-0.3, -0.25) is 16.3 Å². The molecule has 1 heterocycles. The van der Waals surface area contributed by atoms with Gasteiger partial charge in [-0.25, -0.2) is 4.39 Å². The van der Waals surface area contributed by atoms with Crippen molar-refractivity contribution in [3.8, 4) is 0 Å². The molecule has 0 aliphatic carbocycles.